The lowest BCUT2D eigenvalue weighted by Crippen LogP contribution is -2.25. The molecule has 1 heterocycles. The third-order valence-electron chi connectivity index (χ3n) is 1.85. The van der Waals surface area contributed by atoms with Crippen molar-refractivity contribution in [3.8, 4) is 0 Å². The van der Waals surface area contributed by atoms with E-state index in [4.69, 9.17) is 5.73 Å². The monoisotopic (exact) mass is 184 g/mol. The van der Waals surface area contributed by atoms with Crippen LogP contribution in [-0.4, -0.2) is 11.5 Å². The summed E-state index contributed by atoms with van der Waals surface area (Å²) in [4.78, 5) is 4.41. The molecule has 12 heavy (non-hydrogen) atoms. The van der Waals surface area contributed by atoms with Gasteiger partial charge in [-0.2, -0.15) is 0 Å². The van der Waals surface area contributed by atoms with Crippen molar-refractivity contribution in [2.45, 2.75) is 27.2 Å². The van der Waals surface area contributed by atoms with Gasteiger partial charge in [0.2, 0.25) is 0 Å². The van der Waals surface area contributed by atoms with Gasteiger partial charge in [-0.3, -0.25) is 0 Å². The van der Waals surface area contributed by atoms with Gasteiger partial charge < -0.3 is 5.73 Å². The molecule has 0 aliphatic heterocycles. The second kappa shape index (κ2) is 3.54. The van der Waals surface area contributed by atoms with Crippen LogP contribution in [0.5, 0.6) is 0 Å². The Labute approximate surface area is 77.8 Å². The average Bonchev–Trinajstić information content (AvgIpc) is 2.35. The Hall–Kier alpha value is -0.410. The molecule has 0 saturated heterocycles. The van der Waals surface area contributed by atoms with Crippen molar-refractivity contribution in [3.63, 3.8) is 0 Å². The van der Waals surface area contributed by atoms with Crippen LogP contribution in [0.25, 0.3) is 0 Å². The lowest BCUT2D eigenvalue weighted by atomic mass is 9.90. The van der Waals surface area contributed by atoms with Crippen molar-refractivity contribution in [2.24, 2.45) is 11.1 Å². The highest BCUT2D eigenvalue weighted by atomic mass is 32.1. The summed E-state index contributed by atoms with van der Waals surface area (Å²) < 4.78 is 0. The fraction of sp³-hybridized carbons (Fsp3) is 0.667. The van der Waals surface area contributed by atoms with Gasteiger partial charge in [0.1, 0.15) is 0 Å². The first-order chi connectivity index (χ1) is 5.53. The summed E-state index contributed by atoms with van der Waals surface area (Å²) in [5, 5.41) is 3.28. The van der Waals surface area contributed by atoms with Crippen molar-refractivity contribution in [3.05, 3.63) is 16.1 Å². The molecule has 1 aromatic heterocycles. The Morgan fingerprint density at radius 3 is 2.67 bits per heavy atom. The van der Waals surface area contributed by atoms with Crippen molar-refractivity contribution in [1.82, 2.24) is 4.98 Å². The van der Waals surface area contributed by atoms with E-state index in [2.05, 4.69) is 24.2 Å². The van der Waals surface area contributed by atoms with Crippen LogP contribution in [0, 0.1) is 12.3 Å². The second-order valence-electron chi connectivity index (χ2n) is 3.93. The number of rotatable bonds is 3. The fourth-order valence-electron chi connectivity index (χ4n) is 0.965. The largest absolute Gasteiger partial charge is 0.330 e. The first-order valence-corrected chi connectivity index (χ1v) is 5.02. The molecule has 0 spiro atoms. The molecule has 0 amide bonds. The van der Waals surface area contributed by atoms with Crippen LogP contribution in [0.2, 0.25) is 0 Å². The maximum atomic E-state index is 5.64. The van der Waals surface area contributed by atoms with Crippen molar-refractivity contribution >= 4 is 11.3 Å². The average molecular weight is 184 g/mol. The molecule has 0 fully saturated rings. The molecule has 0 bridgehead atoms. The first kappa shape index (κ1) is 9.68. The molecule has 1 rings (SSSR count). The summed E-state index contributed by atoms with van der Waals surface area (Å²) in [5.41, 5.74) is 6.94. The highest BCUT2D eigenvalue weighted by molar-refractivity contribution is 7.09. The Kier molecular flexibility index (Phi) is 2.85. The van der Waals surface area contributed by atoms with Gasteiger partial charge in [-0.05, 0) is 18.9 Å². The Morgan fingerprint density at radius 1 is 1.58 bits per heavy atom. The molecule has 0 atom stereocenters. The van der Waals surface area contributed by atoms with Crippen LogP contribution >= 0.6 is 11.3 Å². The highest BCUT2D eigenvalue weighted by Crippen LogP contribution is 2.22. The summed E-state index contributed by atoms with van der Waals surface area (Å²) in [6, 6.07) is 0. The number of nitrogens with zero attached hydrogens (tertiary/aromatic N) is 1. The molecule has 0 unspecified atom stereocenters. The Bertz CT molecular complexity index is 253. The zero-order chi connectivity index (χ0) is 9.19. The smallest absolute Gasteiger partial charge is 0.0933 e. The number of hydrogen-bond donors (Lipinski definition) is 1. The van der Waals surface area contributed by atoms with Crippen LogP contribution in [-0.2, 0) is 6.42 Å². The van der Waals surface area contributed by atoms with Gasteiger partial charge in [0.15, 0.2) is 0 Å². The molecule has 0 radical (unpaired) electrons. The van der Waals surface area contributed by atoms with Gasteiger partial charge in [0.05, 0.1) is 5.01 Å². The van der Waals surface area contributed by atoms with Crippen LogP contribution in [0.1, 0.15) is 24.5 Å². The van der Waals surface area contributed by atoms with E-state index in [1.807, 2.05) is 6.92 Å². The van der Waals surface area contributed by atoms with Crippen LogP contribution < -0.4 is 5.73 Å². The van der Waals surface area contributed by atoms with Gasteiger partial charge in [-0.15, -0.1) is 11.3 Å². The van der Waals surface area contributed by atoms with Crippen LogP contribution in [0.4, 0.5) is 0 Å². The van der Waals surface area contributed by atoms with E-state index in [9.17, 15) is 0 Å². The molecule has 3 heteroatoms. The van der Waals surface area contributed by atoms with E-state index in [-0.39, 0.29) is 5.41 Å². The standard InChI is InChI=1S/C9H16N2S/c1-7-5-12-8(11-7)4-9(2,3)6-10/h5H,4,6,10H2,1-3H3. The zero-order valence-electron chi connectivity index (χ0n) is 7.92. The van der Waals surface area contributed by atoms with E-state index in [0.29, 0.717) is 6.54 Å². The Balaban J connectivity index is 2.63. The maximum Gasteiger partial charge on any atom is 0.0933 e. The quantitative estimate of drug-likeness (QED) is 0.780. The molecule has 0 aliphatic carbocycles. The van der Waals surface area contributed by atoms with Gasteiger partial charge in [0, 0.05) is 17.5 Å². The second-order valence-corrected chi connectivity index (χ2v) is 4.87. The third kappa shape index (κ3) is 2.57. The summed E-state index contributed by atoms with van der Waals surface area (Å²) in [6.07, 6.45) is 0.988. The van der Waals surface area contributed by atoms with E-state index >= 15 is 0 Å². The minimum atomic E-state index is 0.185. The van der Waals surface area contributed by atoms with Gasteiger partial charge in [-0.1, -0.05) is 13.8 Å². The van der Waals surface area contributed by atoms with Crippen molar-refractivity contribution < 1.29 is 0 Å². The lowest BCUT2D eigenvalue weighted by molar-refractivity contribution is 0.376. The van der Waals surface area contributed by atoms with Gasteiger partial charge >= 0.3 is 0 Å². The maximum absolute atomic E-state index is 5.64. The topological polar surface area (TPSA) is 38.9 Å². The highest BCUT2D eigenvalue weighted by Gasteiger charge is 2.17. The molecule has 0 saturated carbocycles. The van der Waals surface area contributed by atoms with Gasteiger partial charge in [-0.25, -0.2) is 4.98 Å². The molecular formula is C9H16N2S. The number of thiazole rings is 1. The predicted molar refractivity (Wildman–Crippen MR) is 53.4 cm³/mol. The molecular weight excluding hydrogens is 168 g/mol. The van der Waals surface area contributed by atoms with Crippen LogP contribution in [0.3, 0.4) is 0 Å². The van der Waals surface area contributed by atoms with E-state index in [0.717, 1.165) is 12.1 Å². The molecule has 68 valence electrons. The number of hydrogen-bond acceptors (Lipinski definition) is 3. The minimum absolute atomic E-state index is 0.185. The predicted octanol–water partition coefficient (Wildman–Crippen LogP) is 1.98. The molecule has 2 nitrogen and oxygen atoms in total. The third-order valence-corrected chi connectivity index (χ3v) is 2.82. The zero-order valence-corrected chi connectivity index (χ0v) is 8.74. The summed E-state index contributed by atoms with van der Waals surface area (Å²) in [5.74, 6) is 0. The SMILES string of the molecule is Cc1csc(CC(C)(C)CN)n1. The Morgan fingerprint density at radius 2 is 2.25 bits per heavy atom. The molecule has 0 aromatic carbocycles. The molecule has 2 N–H and O–H groups in total. The number of nitrogens with two attached hydrogens (primary N) is 1. The first-order valence-electron chi connectivity index (χ1n) is 4.14. The minimum Gasteiger partial charge on any atom is -0.330 e. The van der Waals surface area contributed by atoms with Crippen LogP contribution in [0.15, 0.2) is 5.38 Å². The normalized spacial score (nSPS) is 12.0. The summed E-state index contributed by atoms with van der Waals surface area (Å²) >= 11 is 1.73. The lowest BCUT2D eigenvalue weighted by Gasteiger charge is -2.20. The fourth-order valence-corrected chi connectivity index (χ4v) is 2.00. The molecule has 0 aliphatic rings. The van der Waals surface area contributed by atoms with Crippen molar-refractivity contribution in [1.29, 1.82) is 0 Å². The van der Waals surface area contributed by atoms with E-state index in [1.54, 1.807) is 11.3 Å². The van der Waals surface area contributed by atoms with Crippen molar-refractivity contribution in [2.75, 3.05) is 6.54 Å². The van der Waals surface area contributed by atoms with E-state index in [1.165, 1.54) is 5.01 Å². The summed E-state index contributed by atoms with van der Waals surface area (Å²) in [6.45, 7) is 7.08. The van der Waals surface area contributed by atoms with Gasteiger partial charge in [0.25, 0.3) is 0 Å². The number of aromatic nitrogens is 1. The summed E-state index contributed by atoms with van der Waals surface area (Å²) in [7, 11) is 0. The molecule has 1 aromatic rings. The van der Waals surface area contributed by atoms with E-state index < -0.39 is 0 Å². The number of aryl methyl sites for hydroxylation is 1.